The first-order chi connectivity index (χ1) is 8.57. The number of rotatable bonds is 4. The molecule has 0 aromatic heterocycles. The number of ether oxygens (including phenoxy) is 2. The second-order valence-electron chi connectivity index (χ2n) is 5.06. The third-order valence-electron chi connectivity index (χ3n) is 3.54. The van der Waals surface area contributed by atoms with E-state index in [2.05, 4.69) is 61.0 Å². The number of hydrogen-bond acceptors (Lipinski definition) is 2. The summed E-state index contributed by atoms with van der Waals surface area (Å²) >= 11 is 3.48. The van der Waals surface area contributed by atoms with Crippen LogP contribution < -0.4 is 0 Å². The van der Waals surface area contributed by atoms with Crippen molar-refractivity contribution in [2.45, 2.75) is 51.6 Å². The molecule has 2 atom stereocenters. The molecular weight excluding hydrogens is 292 g/mol. The predicted molar refractivity (Wildman–Crippen MR) is 77.0 cm³/mol. The average molecular weight is 313 g/mol. The molecule has 0 aliphatic carbocycles. The minimum Gasteiger partial charge on any atom is -0.340 e. The van der Waals surface area contributed by atoms with E-state index in [1.807, 2.05) is 0 Å². The molecule has 2 rings (SSSR count). The summed E-state index contributed by atoms with van der Waals surface area (Å²) in [5.41, 5.74) is 2.39. The third-order valence-corrected chi connectivity index (χ3v) is 4.11. The van der Waals surface area contributed by atoms with Gasteiger partial charge in [0.05, 0.1) is 12.2 Å². The fraction of sp³-hybridized carbons (Fsp3) is 0.600. The normalized spacial score (nSPS) is 31.8. The van der Waals surface area contributed by atoms with E-state index in [1.165, 1.54) is 5.56 Å². The summed E-state index contributed by atoms with van der Waals surface area (Å²) in [7, 11) is 0. The Hall–Kier alpha value is -0.380. The van der Waals surface area contributed by atoms with Gasteiger partial charge < -0.3 is 9.47 Å². The second kappa shape index (κ2) is 5.72. The van der Waals surface area contributed by atoms with Crippen molar-refractivity contribution in [3.8, 4) is 0 Å². The molecule has 3 heteroatoms. The summed E-state index contributed by atoms with van der Waals surface area (Å²) < 4.78 is 12.3. The van der Waals surface area contributed by atoms with E-state index in [-0.39, 0.29) is 12.2 Å². The average Bonchev–Trinajstić information content (AvgIpc) is 2.64. The summed E-state index contributed by atoms with van der Waals surface area (Å²) in [6, 6.07) is 8.47. The molecule has 1 aliphatic heterocycles. The van der Waals surface area contributed by atoms with Crippen molar-refractivity contribution in [2.75, 3.05) is 5.33 Å². The van der Waals surface area contributed by atoms with E-state index in [1.54, 1.807) is 0 Å². The molecule has 0 radical (unpaired) electrons. The summed E-state index contributed by atoms with van der Waals surface area (Å²) in [6.07, 6.45) is 2.20. The molecule has 0 spiro atoms. The Morgan fingerprint density at radius 1 is 1.11 bits per heavy atom. The molecule has 0 bridgehead atoms. The maximum Gasteiger partial charge on any atom is 0.195 e. The zero-order valence-corrected chi connectivity index (χ0v) is 12.9. The molecule has 1 aromatic rings. The van der Waals surface area contributed by atoms with Crippen LogP contribution in [0.3, 0.4) is 0 Å². The number of benzene rings is 1. The van der Waals surface area contributed by atoms with Crippen molar-refractivity contribution in [1.82, 2.24) is 0 Å². The molecule has 1 fully saturated rings. The minimum atomic E-state index is -0.555. The highest BCUT2D eigenvalue weighted by Gasteiger charge is 2.44. The zero-order chi connectivity index (χ0) is 13.2. The first-order valence-electron chi connectivity index (χ1n) is 6.56. The molecular formula is C15H21BrO2. The van der Waals surface area contributed by atoms with Crippen LogP contribution in [-0.4, -0.2) is 17.5 Å². The Labute approximate surface area is 118 Å². The highest BCUT2D eigenvalue weighted by molar-refractivity contribution is 9.09. The molecule has 1 heterocycles. The van der Waals surface area contributed by atoms with Crippen LogP contribution in [-0.2, 0) is 15.3 Å². The van der Waals surface area contributed by atoms with Crippen LogP contribution in [0.1, 0.15) is 37.8 Å². The predicted octanol–water partition coefficient (Wildman–Crippen LogP) is 4.15. The number of alkyl halides is 1. The molecule has 1 aromatic carbocycles. The standard InChI is InChI=1S/C15H21BrO2/c1-11-5-7-14(8-6-11)15(9-4-10-16)17-12(2)13(3)18-15/h5-8,12-13H,4,9-10H2,1-3H3. The van der Waals surface area contributed by atoms with E-state index >= 15 is 0 Å². The van der Waals surface area contributed by atoms with Crippen molar-refractivity contribution in [3.05, 3.63) is 35.4 Å². The minimum absolute atomic E-state index is 0.140. The van der Waals surface area contributed by atoms with Crippen molar-refractivity contribution < 1.29 is 9.47 Å². The van der Waals surface area contributed by atoms with Gasteiger partial charge in [0.25, 0.3) is 0 Å². The smallest absolute Gasteiger partial charge is 0.195 e. The van der Waals surface area contributed by atoms with Gasteiger partial charge in [0.2, 0.25) is 0 Å². The SMILES string of the molecule is Cc1ccc(C2(CCCBr)OC(C)C(C)O2)cc1. The quantitative estimate of drug-likeness (QED) is 0.778. The van der Waals surface area contributed by atoms with Gasteiger partial charge in [0, 0.05) is 17.3 Å². The number of hydrogen-bond donors (Lipinski definition) is 0. The monoisotopic (exact) mass is 312 g/mol. The molecule has 0 N–H and O–H groups in total. The van der Waals surface area contributed by atoms with E-state index in [0.717, 1.165) is 23.7 Å². The van der Waals surface area contributed by atoms with Gasteiger partial charge in [-0.25, -0.2) is 0 Å². The lowest BCUT2D eigenvalue weighted by atomic mass is 10.00. The molecule has 0 amide bonds. The molecule has 1 saturated heterocycles. The fourth-order valence-electron chi connectivity index (χ4n) is 2.33. The summed E-state index contributed by atoms with van der Waals surface area (Å²) in [6.45, 7) is 6.25. The van der Waals surface area contributed by atoms with Gasteiger partial charge in [-0.3, -0.25) is 0 Å². The Morgan fingerprint density at radius 3 is 2.17 bits per heavy atom. The van der Waals surface area contributed by atoms with Gasteiger partial charge in [-0.05, 0) is 27.2 Å². The zero-order valence-electron chi connectivity index (χ0n) is 11.3. The summed E-state index contributed by atoms with van der Waals surface area (Å²) in [5.74, 6) is -0.555. The molecule has 2 nitrogen and oxygen atoms in total. The van der Waals surface area contributed by atoms with E-state index in [4.69, 9.17) is 9.47 Å². The topological polar surface area (TPSA) is 18.5 Å². The summed E-state index contributed by atoms with van der Waals surface area (Å²) in [5, 5.41) is 0.968. The maximum absolute atomic E-state index is 6.15. The highest BCUT2D eigenvalue weighted by Crippen LogP contribution is 2.41. The third kappa shape index (κ3) is 2.79. The van der Waals surface area contributed by atoms with Crippen molar-refractivity contribution in [3.63, 3.8) is 0 Å². The number of halogens is 1. The number of aryl methyl sites for hydroxylation is 1. The van der Waals surface area contributed by atoms with Crippen LogP contribution in [0.25, 0.3) is 0 Å². The lowest BCUT2D eigenvalue weighted by molar-refractivity contribution is -0.186. The van der Waals surface area contributed by atoms with Gasteiger partial charge in [0.1, 0.15) is 0 Å². The van der Waals surface area contributed by atoms with E-state index < -0.39 is 5.79 Å². The Balaban J connectivity index is 2.28. The van der Waals surface area contributed by atoms with Gasteiger partial charge in [0.15, 0.2) is 5.79 Å². The largest absolute Gasteiger partial charge is 0.340 e. The van der Waals surface area contributed by atoms with Crippen LogP contribution in [0.4, 0.5) is 0 Å². The molecule has 100 valence electrons. The first kappa shape index (κ1) is 14.0. The second-order valence-corrected chi connectivity index (χ2v) is 5.85. The van der Waals surface area contributed by atoms with Gasteiger partial charge in [-0.1, -0.05) is 45.8 Å². The van der Waals surface area contributed by atoms with Crippen LogP contribution >= 0.6 is 15.9 Å². The van der Waals surface area contributed by atoms with Crippen molar-refractivity contribution >= 4 is 15.9 Å². The van der Waals surface area contributed by atoms with Crippen LogP contribution in [0, 0.1) is 6.92 Å². The van der Waals surface area contributed by atoms with E-state index in [0.29, 0.717) is 0 Å². The highest BCUT2D eigenvalue weighted by atomic mass is 79.9. The fourth-order valence-corrected chi connectivity index (χ4v) is 2.61. The van der Waals surface area contributed by atoms with E-state index in [9.17, 15) is 0 Å². The van der Waals surface area contributed by atoms with Crippen LogP contribution in [0.5, 0.6) is 0 Å². The lowest BCUT2D eigenvalue weighted by Crippen LogP contribution is -2.28. The van der Waals surface area contributed by atoms with Crippen molar-refractivity contribution in [1.29, 1.82) is 0 Å². The Morgan fingerprint density at radius 2 is 1.67 bits per heavy atom. The van der Waals surface area contributed by atoms with Crippen LogP contribution in [0.2, 0.25) is 0 Å². The first-order valence-corrected chi connectivity index (χ1v) is 7.68. The summed E-state index contributed by atoms with van der Waals surface area (Å²) in [4.78, 5) is 0. The molecule has 0 saturated carbocycles. The van der Waals surface area contributed by atoms with Gasteiger partial charge >= 0.3 is 0 Å². The molecule has 1 aliphatic rings. The van der Waals surface area contributed by atoms with Gasteiger partial charge in [-0.15, -0.1) is 0 Å². The van der Waals surface area contributed by atoms with Gasteiger partial charge in [-0.2, -0.15) is 0 Å². The maximum atomic E-state index is 6.15. The molecule has 2 unspecified atom stereocenters. The van der Waals surface area contributed by atoms with Crippen molar-refractivity contribution in [2.24, 2.45) is 0 Å². The molecule has 18 heavy (non-hydrogen) atoms. The lowest BCUT2D eigenvalue weighted by Gasteiger charge is -2.28. The Bertz CT molecular complexity index is 378. The Kier molecular flexibility index (Phi) is 4.46. The van der Waals surface area contributed by atoms with Crippen LogP contribution in [0.15, 0.2) is 24.3 Å².